The minimum atomic E-state index is -0.603. The van der Waals surface area contributed by atoms with Gasteiger partial charge >= 0.3 is 7.12 Å². The SMILES string of the molecule is Cc1ccc(B2OC(C)(C)C(C)(C)O2)c(C(=O)N2CCN(c3cc(C)nc(C)n3)O[C@@H](C)C2)c1. The number of anilines is 1. The van der Waals surface area contributed by atoms with Crippen molar-refractivity contribution in [1.82, 2.24) is 14.9 Å². The molecule has 2 saturated heterocycles. The highest BCUT2D eigenvalue weighted by Gasteiger charge is 2.52. The lowest BCUT2D eigenvalue weighted by Gasteiger charge is -2.32. The van der Waals surface area contributed by atoms with Gasteiger partial charge in [0.15, 0.2) is 5.82 Å². The van der Waals surface area contributed by atoms with Crippen molar-refractivity contribution in [1.29, 1.82) is 0 Å². The molecule has 1 atom stereocenters. The van der Waals surface area contributed by atoms with E-state index < -0.39 is 18.3 Å². The summed E-state index contributed by atoms with van der Waals surface area (Å²) >= 11 is 0. The van der Waals surface area contributed by atoms with Crippen LogP contribution in [0, 0.1) is 20.8 Å². The van der Waals surface area contributed by atoms with Crippen molar-refractivity contribution in [2.45, 2.75) is 72.7 Å². The molecule has 0 aliphatic carbocycles. The number of hydrogen-bond acceptors (Lipinski definition) is 7. The smallest absolute Gasteiger partial charge is 0.399 e. The summed E-state index contributed by atoms with van der Waals surface area (Å²) in [5.74, 6) is 1.34. The molecule has 0 radical (unpaired) electrons. The van der Waals surface area contributed by atoms with Gasteiger partial charge in [-0.15, -0.1) is 0 Å². The molecule has 182 valence electrons. The van der Waals surface area contributed by atoms with Gasteiger partial charge in [0.25, 0.3) is 5.91 Å². The Balaban J connectivity index is 1.59. The lowest BCUT2D eigenvalue weighted by Crippen LogP contribution is -2.43. The number of carbonyl (C=O) groups is 1. The highest BCUT2D eigenvalue weighted by atomic mass is 16.7. The Kier molecular flexibility index (Phi) is 6.48. The zero-order valence-electron chi connectivity index (χ0n) is 21.5. The summed E-state index contributed by atoms with van der Waals surface area (Å²) in [5.41, 5.74) is 2.28. The number of hydroxylamine groups is 1. The van der Waals surface area contributed by atoms with Crippen LogP contribution in [0.4, 0.5) is 5.82 Å². The molecule has 3 heterocycles. The molecule has 4 rings (SSSR count). The van der Waals surface area contributed by atoms with Crippen LogP contribution in [-0.2, 0) is 14.1 Å². The van der Waals surface area contributed by atoms with Gasteiger partial charge < -0.3 is 14.2 Å². The van der Waals surface area contributed by atoms with Crippen molar-refractivity contribution in [3.05, 3.63) is 46.9 Å². The number of benzene rings is 1. The number of amides is 1. The normalized spacial score (nSPS) is 22.1. The molecular weight excluding hydrogens is 431 g/mol. The second-order valence-corrected chi connectivity index (χ2v) is 10.4. The maximum absolute atomic E-state index is 13.8. The third kappa shape index (κ3) is 4.83. The standard InChI is InChI=1S/C25H35BN4O4/c1-16-9-10-21(26-33-24(5,6)25(7,8)34-26)20(13-16)23(31)29-11-12-30(32-18(3)15-29)22-14-17(2)27-19(4)28-22/h9-10,13-14,18H,11-12,15H2,1-8H3/t18-/m0/s1. The zero-order chi connectivity index (χ0) is 24.8. The summed E-state index contributed by atoms with van der Waals surface area (Å²) in [6.07, 6.45) is -0.202. The van der Waals surface area contributed by atoms with Crippen LogP contribution in [0.25, 0.3) is 0 Å². The average molecular weight is 466 g/mol. The lowest BCUT2D eigenvalue weighted by atomic mass is 9.75. The van der Waals surface area contributed by atoms with Gasteiger partial charge in [-0.2, -0.15) is 0 Å². The van der Waals surface area contributed by atoms with Crippen molar-refractivity contribution < 1.29 is 18.9 Å². The highest BCUT2D eigenvalue weighted by molar-refractivity contribution is 6.63. The Morgan fingerprint density at radius 2 is 1.71 bits per heavy atom. The fourth-order valence-electron chi connectivity index (χ4n) is 4.30. The number of aromatic nitrogens is 2. The first-order chi connectivity index (χ1) is 15.9. The van der Waals surface area contributed by atoms with Gasteiger partial charge in [0, 0.05) is 30.4 Å². The number of rotatable bonds is 3. The van der Waals surface area contributed by atoms with Gasteiger partial charge in [-0.1, -0.05) is 17.7 Å². The van der Waals surface area contributed by atoms with Crippen molar-refractivity contribution in [3.8, 4) is 0 Å². The third-order valence-electron chi connectivity index (χ3n) is 6.80. The average Bonchev–Trinajstić information content (AvgIpc) is 2.86. The third-order valence-corrected chi connectivity index (χ3v) is 6.80. The van der Waals surface area contributed by atoms with E-state index in [0.29, 0.717) is 36.8 Å². The van der Waals surface area contributed by atoms with Gasteiger partial charge in [0.05, 0.1) is 17.7 Å². The fourth-order valence-corrected chi connectivity index (χ4v) is 4.30. The topological polar surface area (TPSA) is 77.0 Å². The molecule has 8 nitrogen and oxygen atoms in total. The maximum Gasteiger partial charge on any atom is 0.495 e. The lowest BCUT2D eigenvalue weighted by molar-refractivity contribution is 0.00578. The molecule has 0 bridgehead atoms. The van der Waals surface area contributed by atoms with E-state index in [1.165, 1.54) is 0 Å². The molecule has 0 spiro atoms. The number of aryl methyl sites for hydroxylation is 3. The Hall–Kier alpha value is -2.49. The minimum absolute atomic E-state index is 0.0549. The molecule has 1 aromatic heterocycles. The Labute approximate surface area is 202 Å². The van der Waals surface area contributed by atoms with E-state index in [9.17, 15) is 4.79 Å². The molecule has 1 aromatic carbocycles. The quantitative estimate of drug-likeness (QED) is 0.644. The Morgan fingerprint density at radius 3 is 2.35 bits per heavy atom. The highest BCUT2D eigenvalue weighted by Crippen LogP contribution is 2.36. The molecule has 2 aromatic rings. The number of hydrogen-bond donors (Lipinski definition) is 0. The molecule has 1 amide bonds. The van der Waals surface area contributed by atoms with Crippen LogP contribution in [0.3, 0.4) is 0 Å². The first-order valence-electron chi connectivity index (χ1n) is 11.9. The molecule has 2 aliphatic rings. The first kappa shape index (κ1) is 24.6. The van der Waals surface area contributed by atoms with Crippen molar-refractivity contribution in [2.24, 2.45) is 0 Å². The van der Waals surface area contributed by atoms with Crippen LogP contribution in [0.2, 0.25) is 0 Å². The van der Waals surface area contributed by atoms with E-state index in [-0.39, 0.29) is 12.0 Å². The van der Waals surface area contributed by atoms with E-state index in [2.05, 4.69) is 9.97 Å². The maximum atomic E-state index is 13.8. The second kappa shape index (κ2) is 8.94. The van der Waals surface area contributed by atoms with Crippen LogP contribution in [0.1, 0.15) is 62.1 Å². The molecule has 0 unspecified atom stereocenters. The fraction of sp³-hybridized carbons (Fsp3) is 0.560. The van der Waals surface area contributed by atoms with Crippen LogP contribution in [0.15, 0.2) is 24.3 Å². The van der Waals surface area contributed by atoms with Crippen molar-refractivity contribution in [2.75, 3.05) is 24.7 Å². The Morgan fingerprint density at radius 1 is 1.03 bits per heavy atom. The number of nitrogens with zero attached hydrogens (tertiary/aromatic N) is 4. The molecular formula is C25H35BN4O4. The second-order valence-electron chi connectivity index (χ2n) is 10.4. The van der Waals surface area contributed by atoms with Gasteiger partial charge in [0.2, 0.25) is 0 Å². The number of carbonyl (C=O) groups excluding carboxylic acids is 1. The van der Waals surface area contributed by atoms with Gasteiger partial charge in [-0.3, -0.25) is 9.63 Å². The largest absolute Gasteiger partial charge is 0.495 e. The summed E-state index contributed by atoms with van der Waals surface area (Å²) in [5, 5.41) is 1.77. The zero-order valence-corrected chi connectivity index (χ0v) is 21.5. The molecule has 0 N–H and O–H groups in total. The van der Waals surface area contributed by atoms with E-state index in [4.69, 9.17) is 14.1 Å². The Bertz CT molecular complexity index is 1050. The summed E-state index contributed by atoms with van der Waals surface area (Å²) in [4.78, 5) is 30.7. The van der Waals surface area contributed by atoms with Gasteiger partial charge in [-0.25, -0.2) is 15.0 Å². The first-order valence-corrected chi connectivity index (χ1v) is 11.9. The summed E-state index contributed by atoms with van der Waals surface area (Å²) in [6, 6.07) is 7.76. The van der Waals surface area contributed by atoms with E-state index in [1.807, 2.05) is 84.6 Å². The van der Waals surface area contributed by atoms with Gasteiger partial charge in [0.1, 0.15) is 11.9 Å². The monoisotopic (exact) mass is 466 g/mol. The van der Waals surface area contributed by atoms with Crippen LogP contribution in [0.5, 0.6) is 0 Å². The summed E-state index contributed by atoms with van der Waals surface area (Å²) in [6.45, 7) is 17.3. The summed E-state index contributed by atoms with van der Waals surface area (Å²) in [7, 11) is -0.603. The molecule has 34 heavy (non-hydrogen) atoms. The molecule has 2 fully saturated rings. The van der Waals surface area contributed by atoms with Gasteiger partial charge in [-0.05, 0) is 66.9 Å². The minimum Gasteiger partial charge on any atom is -0.399 e. The van der Waals surface area contributed by atoms with Crippen LogP contribution < -0.4 is 10.5 Å². The van der Waals surface area contributed by atoms with E-state index in [1.54, 1.807) is 5.06 Å². The molecule has 0 saturated carbocycles. The molecule has 9 heteroatoms. The van der Waals surface area contributed by atoms with Crippen molar-refractivity contribution >= 4 is 24.3 Å². The van der Waals surface area contributed by atoms with Crippen molar-refractivity contribution in [3.63, 3.8) is 0 Å². The predicted molar refractivity (Wildman–Crippen MR) is 132 cm³/mol. The van der Waals surface area contributed by atoms with Crippen LogP contribution >= 0.6 is 0 Å². The van der Waals surface area contributed by atoms with E-state index >= 15 is 0 Å². The summed E-state index contributed by atoms with van der Waals surface area (Å²) < 4.78 is 12.5. The van der Waals surface area contributed by atoms with Crippen LogP contribution in [-0.4, -0.2) is 64.8 Å². The molecule has 2 aliphatic heterocycles. The predicted octanol–water partition coefficient (Wildman–Crippen LogP) is 2.98. The van der Waals surface area contributed by atoms with E-state index in [0.717, 1.165) is 16.7 Å².